The van der Waals surface area contributed by atoms with Crippen molar-refractivity contribution in [3.05, 3.63) is 65.5 Å². The molecule has 0 fully saturated rings. The minimum absolute atomic E-state index is 0.133. The Kier molecular flexibility index (Phi) is 4.90. The molecule has 0 aromatic heterocycles. The Balaban J connectivity index is 2.16. The number of ether oxygens (including phenoxy) is 1. The van der Waals surface area contributed by atoms with Gasteiger partial charge in [0, 0.05) is 5.56 Å². The molecule has 1 unspecified atom stereocenters. The molecule has 0 radical (unpaired) electrons. The molecule has 0 aliphatic heterocycles. The fraction of sp³-hybridized carbons (Fsp3) is 0.188. The summed E-state index contributed by atoms with van der Waals surface area (Å²) in [6.45, 7) is 0.249. The Bertz CT molecular complexity index is 613. The highest BCUT2D eigenvalue weighted by Crippen LogP contribution is 2.29. The Hall–Kier alpha value is -2.40. The summed E-state index contributed by atoms with van der Waals surface area (Å²) in [5.74, 6) is -1.45. The van der Waals surface area contributed by atoms with Crippen molar-refractivity contribution in [1.82, 2.24) is 0 Å². The van der Waals surface area contributed by atoms with Crippen LogP contribution < -0.4 is 4.74 Å². The molecule has 0 aliphatic carbocycles. The summed E-state index contributed by atoms with van der Waals surface area (Å²) < 4.78 is 18.9. The lowest BCUT2D eigenvalue weighted by Gasteiger charge is -2.15. The Morgan fingerprint density at radius 1 is 1.19 bits per heavy atom. The summed E-state index contributed by atoms with van der Waals surface area (Å²) in [7, 11) is 0. The van der Waals surface area contributed by atoms with Crippen LogP contribution in [0.4, 0.5) is 4.39 Å². The summed E-state index contributed by atoms with van der Waals surface area (Å²) in [6.07, 6.45) is -1.82. The van der Waals surface area contributed by atoms with Crippen molar-refractivity contribution < 1.29 is 24.1 Å². The highest BCUT2D eigenvalue weighted by Gasteiger charge is 2.18. The van der Waals surface area contributed by atoms with E-state index in [1.165, 1.54) is 12.1 Å². The number of halogens is 1. The van der Waals surface area contributed by atoms with Crippen LogP contribution in [0, 0.1) is 5.82 Å². The molecule has 2 N–H and O–H groups in total. The van der Waals surface area contributed by atoms with E-state index in [4.69, 9.17) is 9.84 Å². The smallest absolute Gasteiger partial charge is 0.306 e. The standard InChI is InChI=1S/C16H15FO4/c17-12-6-7-15(13(8-12)14(18)9-16(19)20)21-10-11-4-2-1-3-5-11/h1-8,14,18H,9-10H2,(H,19,20). The van der Waals surface area contributed by atoms with E-state index in [-0.39, 0.29) is 17.9 Å². The van der Waals surface area contributed by atoms with E-state index in [2.05, 4.69) is 0 Å². The fourth-order valence-corrected chi connectivity index (χ4v) is 1.92. The van der Waals surface area contributed by atoms with Crippen LogP contribution in [-0.2, 0) is 11.4 Å². The number of carboxylic acid groups (broad SMARTS) is 1. The van der Waals surface area contributed by atoms with Crippen LogP contribution in [0.15, 0.2) is 48.5 Å². The van der Waals surface area contributed by atoms with Crippen LogP contribution in [0.25, 0.3) is 0 Å². The summed E-state index contributed by atoms with van der Waals surface area (Å²) in [5, 5.41) is 18.6. The van der Waals surface area contributed by atoms with Crippen LogP contribution >= 0.6 is 0 Å². The summed E-state index contributed by atoms with van der Waals surface area (Å²) >= 11 is 0. The molecule has 2 aromatic rings. The number of rotatable bonds is 6. The molecule has 0 aliphatic rings. The minimum atomic E-state index is -1.32. The topological polar surface area (TPSA) is 66.8 Å². The quantitative estimate of drug-likeness (QED) is 0.858. The second kappa shape index (κ2) is 6.85. The molecule has 0 bridgehead atoms. The molecule has 21 heavy (non-hydrogen) atoms. The van der Waals surface area contributed by atoms with E-state index in [1.807, 2.05) is 30.3 Å². The average molecular weight is 290 g/mol. The number of aliphatic hydroxyl groups excluding tert-OH is 1. The highest BCUT2D eigenvalue weighted by molar-refractivity contribution is 5.68. The molecule has 110 valence electrons. The van der Waals surface area contributed by atoms with Crippen molar-refractivity contribution in [3.63, 3.8) is 0 Å². The summed E-state index contributed by atoms with van der Waals surface area (Å²) in [4.78, 5) is 10.7. The Morgan fingerprint density at radius 3 is 2.57 bits per heavy atom. The first-order valence-corrected chi connectivity index (χ1v) is 6.42. The van der Waals surface area contributed by atoms with Crippen molar-refractivity contribution in [2.45, 2.75) is 19.1 Å². The zero-order valence-corrected chi connectivity index (χ0v) is 11.2. The van der Waals surface area contributed by atoms with Gasteiger partial charge in [0.2, 0.25) is 0 Å². The number of aliphatic hydroxyl groups is 1. The first-order chi connectivity index (χ1) is 10.1. The van der Waals surface area contributed by atoms with Gasteiger partial charge in [-0.1, -0.05) is 30.3 Å². The fourth-order valence-electron chi connectivity index (χ4n) is 1.92. The normalized spacial score (nSPS) is 11.9. The second-order valence-corrected chi connectivity index (χ2v) is 4.57. The van der Waals surface area contributed by atoms with E-state index in [0.29, 0.717) is 0 Å². The second-order valence-electron chi connectivity index (χ2n) is 4.57. The number of carbonyl (C=O) groups is 1. The molecule has 0 spiro atoms. The van der Waals surface area contributed by atoms with Gasteiger partial charge in [-0.3, -0.25) is 4.79 Å². The largest absolute Gasteiger partial charge is 0.489 e. The summed E-state index contributed by atoms with van der Waals surface area (Å²) in [6, 6.07) is 13.0. The third kappa shape index (κ3) is 4.29. The van der Waals surface area contributed by atoms with E-state index in [1.54, 1.807) is 0 Å². The average Bonchev–Trinajstić information content (AvgIpc) is 2.46. The van der Waals surface area contributed by atoms with E-state index in [9.17, 15) is 14.3 Å². The van der Waals surface area contributed by atoms with Crippen LogP contribution in [0.3, 0.4) is 0 Å². The molecule has 5 heteroatoms. The number of hydrogen-bond acceptors (Lipinski definition) is 3. The van der Waals surface area contributed by atoms with Crippen LogP contribution in [-0.4, -0.2) is 16.2 Å². The Morgan fingerprint density at radius 2 is 1.90 bits per heavy atom. The van der Waals surface area contributed by atoms with Gasteiger partial charge in [-0.25, -0.2) is 4.39 Å². The first-order valence-electron chi connectivity index (χ1n) is 6.42. The van der Waals surface area contributed by atoms with E-state index < -0.39 is 24.3 Å². The van der Waals surface area contributed by atoms with Gasteiger partial charge in [-0.15, -0.1) is 0 Å². The molecular weight excluding hydrogens is 275 g/mol. The maximum atomic E-state index is 13.3. The van der Waals surface area contributed by atoms with Crippen LogP contribution in [0.1, 0.15) is 23.7 Å². The Labute approximate surface area is 121 Å². The first kappa shape index (κ1) is 15.0. The third-order valence-corrected chi connectivity index (χ3v) is 2.94. The lowest BCUT2D eigenvalue weighted by molar-refractivity contribution is -0.139. The summed E-state index contributed by atoms with van der Waals surface area (Å²) in [5.41, 5.74) is 1.05. The van der Waals surface area contributed by atoms with Crippen molar-refractivity contribution in [3.8, 4) is 5.75 Å². The zero-order chi connectivity index (χ0) is 15.2. The monoisotopic (exact) mass is 290 g/mol. The van der Waals surface area contributed by atoms with Gasteiger partial charge in [0.25, 0.3) is 0 Å². The van der Waals surface area contributed by atoms with Crippen molar-refractivity contribution >= 4 is 5.97 Å². The maximum Gasteiger partial charge on any atom is 0.306 e. The van der Waals surface area contributed by atoms with Gasteiger partial charge in [-0.2, -0.15) is 0 Å². The predicted octanol–water partition coefficient (Wildman–Crippen LogP) is 2.91. The number of carboxylic acids is 1. The molecule has 2 aromatic carbocycles. The van der Waals surface area contributed by atoms with Crippen molar-refractivity contribution in [2.75, 3.05) is 0 Å². The predicted molar refractivity (Wildman–Crippen MR) is 74.4 cm³/mol. The molecule has 4 nitrogen and oxygen atoms in total. The number of aliphatic carboxylic acids is 1. The van der Waals surface area contributed by atoms with Crippen molar-refractivity contribution in [1.29, 1.82) is 0 Å². The molecule has 0 amide bonds. The van der Waals surface area contributed by atoms with Gasteiger partial charge in [0.05, 0.1) is 12.5 Å². The molecule has 2 rings (SSSR count). The van der Waals surface area contributed by atoms with Gasteiger partial charge in [-0.05, 0) is 23.8 Å². The van der Waals surface area contributed by atoms with Gasteiger partial charge < -0.3 is 14.9 Å². The highest BCUT2D eigenvalue weighted by atomic mass is 19.1. The molecule has 0 saturated carbocycles. The molecule has 0 heterocycles. The van der Waals surface area contributed by atoms with Crippen LogP contribution in [0.2, 0.25) is 0 Å². The molecule has 0 saturated heterocycles. The number of benzene rings is 2. The zero-order valence-electron chi connectivity index (χ0n) is 11.2. The SMILES string of the molecule is O=C(O)CC(O)c1cc(F)ccc1OCc1ccccc1. The van der Waals surface area contributed by atoms with E-state index >= 15 is 0 Å². The maximum absolute atomic E-state index is 13.3. The van der Waals surface area contributed by atoms with Crippen molar-refractivity contribution in [2.24, 2.45) is 0 Å². The number of hydrogen-bond donors (Lipinski definition) is 2. The molecule has 1 atom stereocenters. The van der Waals surface area contributed by atoms with Crippen LogP contribution in [0.5, 0.6) is 5.75 Å². The van der Waals surface area contributed by atoms with Gasteiger partial charge in [0.1, 0.15) is 18.2 Å². The lowest BCUT2D eigenvalue weighted by atomic mass is 10.1. The van der Waals surface area contributed by atoms with Gasteiger partial charge >= 0.3 is 5.97 Å². The molecular formula is C16H15FO4. The minimum Gasteiger partial charge on any atom is -0.489 e. The third-order valence-electron chi connectivity index (χ3n) is 2.94. The van der Waals surface area contributed by atoms with E-state index in [0.717, 1.165) is 11.6 Å². The van der Waals surface area contributed by atoms with Gasteiger partial charge in [0.15, 0.2) is 0 Å². The lowest BCUT2D eigenvalue weighted by Crippen LogP contribution is -2.08.